The van der Waals surface area contributed by atoms with Crippen molar-refractivity contribution in [2.75, 3.05) is 33.5 Å². The fourth-order valence-corrected chi connectivity index (χ4v) is 5.26. The molecule has 0 N–H and O–H groups in total. The van der Waals surface area contributed by atoms with Gasteiger partial charge in [-0.25, -0.2) is 4.39 Å². The number of piperidine rings is 1. The summed E-state index contributed by atoms with van der Waals surface area (Å²) in [5.41, 5.74) is -0.646. The molecule has 1 aliphatic rings. The van der Waals surface area contributed by atoms with E-state index in [0.29, 0.717) is 13.0 Å². The molecule has 0 spiro atoms. The van der Waals surface area contributed by atoms with Gasteiger partial charge in [0.1, 0.15) is 11.6 Å². The predicted octanol–water partition coefficient (Wildman–Crippen LogP) is 6.46. The van der Waals surface area contributed by atoms with Gasteiger partial charge in [-0.2, -0.15) is 13.2 Å². The maximum absolute atomic E-state index is 13.8. The fourth-order valence-electron chi connectivity index (χ4n) is 4.42. The van der Waals surface area contributed by atoms with Crippen LogP contribution in [0.15, 0.2) is 35.2 Å². The molecule has 0 bridgehead atoms. The third-order valence-electron chi connectivity index (χ3n) is 5.91. The average molecular weight is 490 g/mol. The summed E-state index contributed by atoms with van der Waals surface area (Å²) in [6, 6.07) is 6.30. The molecule has 1 atom stereocenters. The third kappa shape index (κ3) is 5.07. The van der Waals surface area contributed by atoms with E-state index >= 15 is 0 Å². The number of carbonyl (C=O) groups is 1. The van der Waals surface area contributed by atoms with Crippen LogP contribution >= 0.6 is 23.4 Å². The molecule has 0 radical (unpaired) electrons. The summed E-state index contributed by atoms with van der Waals surface area (Å²) in [6.45, 7) is 1.39. The van der Waals surface area contributed by atoms with Gasteiger partial charge in [0.25, 0.3) is 0 Å². The quantitative estimate of drug-likeness (QED) is 0.264. The summed E-state index contributed by atoms with van der Waals surface area (Å²) in [6.07, 6.45) is -1.41. The number of likely N-dealkylation sites (N-methyl/N-ethyl adjacent to an activating group) is 1. The van der Waals surface area contributed by atoms with E-state index in [0.717, 1.165) is 42.4 Å². The molecule has 2 aromatic carbocycles. The van der Waals surface area contributed by atoms with Crippen molar-refractivity contribution in [3.63, 3.8) is 0 Å². The number of likely N-dealkylation sites (tertiary alicyclic amines) is 1. The Morgan fingerprint density at radius 3 is 2.56 bits per heavy atom. The number of thioether (sulfide) groups is 1. The summed E-state index contributed by atoms with van der Waals surface area (Å²) in [5, 5.41) is -0.0283. The van der Waals surface area contributed by atoms with Crippen LogP contribution in [-0.2, 0) is 11.6 Å². The van der Waals surface area contributed by atoms with Crippen molar-refractivity contribution in [3.05, 3.63) is 57.9 Å². The van der Waals surface area contributed by atoms with Crippen LogP contribution in [0.1, 0.15) is 40.7 Å². The Hall–Kier alpha value is -1.77. The van der Waals surface area contributed by atoms with Gasteiger partial charge in [-0.3, -0.25) is 4.79 Å². The molecular formula is C23H24ClF4NO2S. The van der Waals surface area contributed by atoms with E-state index in [1.54, 1.807) is 18.4 Å². The summed E-state index contributed by atoms with van der Waals surface area (Å²) in [7, 11) is 3.19. The van der Waals surface area contributed by atoms with Crippen molar-refractivity contribution in [1.29, 1.82) is 0 Å². The van der Waals surface area contributed by atoms with Gasteiger partial charge in [-0.15, -0.1) is 11.8 Å². The number of nitrogens with zero attached hydrogens (tertiary/aromatic N) is 1. The molecule has 1 aliphatic heterocycles. The molecule has 0 saturated carbocycles. The minimum absolute atomic E-state index is 0.0283. The number of hydrogen-bond acceptors (Lipinski definition) is 4. The second-order valence-electron chi connectivity index (χ2n) is 8.10. The number of benzene rings is 2. The van der Waals surface area contributed by atoms with Crippen molar-refractivity contribution in [1.82, 2.24) is 4.90 Å². The van der Waals surface area contributed by atoms with E-state index in [-0.39, 0.29) is 33.4 Å². The SMILES string of the molecule is COc1cc(C(F)(F)F)cc(SC)c1C(=O)CC1(c2ccc(F)c(Cl)c2)CCCN(C)C1. The summed E-state index contributed by atoms with van der Waals surface area (Å²) in [5.74, 6) is -0.976. The number of methoxy groups -OCH3 is 1. The first-order valence-corrected chi connectivity index (χ1v) is 11.6. The minimum Gasteiger partial charge on any atom is -0.496 e. The van der Waals surface area contributed by atoms with Crippen LogP contribution in [-0.4, -0.2) is 44.2 Å². The Labute approximate surface area is 194 Å². The molecule has 1 unspecified atom stereocenters. The summed E-state index contributed by atoms with van der Waals surface area (Å²) >= 11 is 7.10. The lowest BCUT2D eigenvalue weighted by Gasteiger charge is -2.42. The normalized spacial score (nSPS) is 19.8. The van der Waals surface area contributed by atoms with Crippen LogP contribution in [0.4, 0.5) is 17.6 Å². The molecule has 32 heavy (non-hydrogen) atoms. The minimum atomic E-state index is -4.56. The number of Topliss-reactive ketones (excluding diaryl/α,β-unsaturated/α-hetero) is 1. The van der Waals surface area contributed by atoms with Gasteiger partial charge in [0.05, 0.1) is 23.3 Å². The second-order valence-corrected chi connectivity index (χ2v) is 9.36. The summed E-state index contributed by atoms with van der Waals surface area (Å²) < 4.78 is 59.0. The zero-order valence-electron chi connectivity index (χ0n) is 18.0. The van der Waals surface area contributed by atoms with E-state index < -0.39 is 23.0 Å². The molecule has 1 saturated heterocycles. The second kappa shape index (κ2) is 9.61. The number of carbonyl (C=O) groups excluding carboxylic acids is 1. The van der Waals surface area contributed by atoms with Gasteiger partial charge in [-0.05, 0) is 62.5 Å². The van der Waals surface area contributed by atoms with Crippen LogP contribution in [0, 0.1) is 5.82 Å². The maximum Gasteiger partial charge on any atom is 0.416 e. The van der Waals surface area contributed by atoms with Crippen molar-refractivity contribution in [2.45, 2.75) is 35.7 Å². The molecule has 0 amide bonds. The number of alkyl halides is 3. The van der Waals surface area contributed by atoms with E-state index in [1.165, 1.54) is 13.2 Å². The lowest BCUT2D eigenvalue weighted by atomic mass is 9.70. The molecule has 0 aromatic heterocycles. The van der Waals surface area contributed by atoms with Crippen molar-refractivity contribution in [3.8, 4) is 5.75 Å². The predicted molar refractivity (Wildman–Crippen MR) is 119 cm³/mol. The van der Waals surface area contributed by atoms with E-state index in [4.69, 9.17) is 16.3 Å². The molecule has 3 rings (SSSR count). The highest BCUT2D eigenvalue weighted by atomic mass is 35.5. The van der Waals surface area contributed by atoms with Crippen LogP contribution in [0.5, 0.6) is 5.75 Å². The number of ketones is 1. The van der Waals surface area contributed by atoms with Crippen LogP contribution in [0.2, 0.25) is 5.02 Å². The zero-order valence-corrected chi connectivity index (χ0v) is 19.6. The first-order chi connectivity index (χ1) is 15.0. The topological polar surface area (TPSA) is 29.5 Å². The Morgan fingerprint density at radius 1 is 1.28 bits per heavy atom. The van der Waals surface area contributed by atoms with E-state index in [1.807, 2.05) is 7.05 Å². The number of halogens is 5. The third-order valence-corrected chi connectivity index (χ3v) is 6.96. The van der Waals surface area contributed by atoms with Gasteiger partial charge in [0.15, 0.2) is 5.78 Å². The first kappa shape index (κ1) is 24.9. The lowest BCUT2D eigenvalue weighted by Crippen LogP contribution is -2.45. The monoisotopic (exact) mass is 489 g/mol. The van der Waals surface area contributed by atoms with Crippen molar-refractivity contribution in [2.24, 2.45) is 0 Å². The Morgan fingerprint density at radius 2 is 2.00 bits per heavy atom. The molecular weight excluding hydrogens is 466 g/mol. The van der Waals surface area contributed by atoms with Crippen LogP contribution in [0.25, 0.3) is 0 Å². The highest BCUT2D eigenvalue weighted by Gasteiger charge is 2.40. The number of ether oxygens (including phenoxy) is 1. The molecule has 9 heteroatoms. The smallest absolute Gasteiger partial charge is 0.416 e. The maximum atomic E-state index is 13.8. The number of rotatable bonds is 6. The molecule has 174 valence electrons. The van der Waals surface area contributed by atoms with Gasteiger partial charge in [0.2, 0.25) is 0 Å². The summed E-state index contributed by atoms with van der Waals surface area (Å²) in [4.78, 5) is 15.9. The fraction of sp³-hybridized carbons (Fsp3) is 0.435. The highest BCUT2D eigenvalue weighted by Crippen LogP contribution is 2.43. The lowest BCUT2D eigenvalue weighted by molar-refractivity contribution is -0.137. The van der Waals surface area contributed by atoms with Crippen molar-refractivity contribution >= 4 is 29.1 Å². The number of hydrogen-bond donors (Lipinski definition) is 0. The Kier molecular flexibility index (Phi) is 7.47. The van der Waals surface area contributed by atoms with Crippen LogP contribution in [0.3, 0.4) is 0 Å². The molecule has 2 aromatic rings. The van der Waals surface area contributed by atoms with Crippen LogP contribution < -0.4 is 4.74 Å². The Balaban J connectivity index is 2.08. The largest absolute Gasteiger partial charge is 0.496 e. The van der Waals surface area contributed by atoms with Crippen molar-refractivity contribution < 1.29 is 27.1 Å². The average Bonchev–Trinajstić information content (AvgIpc) is 2.73. The molecule has 1 fully saturated rings. The molecule has 1 heterocycles. The van der Waals surface area contributed by atoms with Gasteiger partial charge < -0.3 is 9.64 Å². The molecule has 3 nitrogen and oxygen atoms in total. The standard InChI is InChI=1S/C23H24ClF4NO2S/c1-29-8-4-7-22(13-29,14-5-6-17(25)16(24)9-14)12-18(30)21-19(31-2)10-15(23(26,27)28)11-20(21)32-3/h5-6,9-11H,4,7-8,12-13H2,1-3H3. The highest BCUT2D eigenvalue weighted by molar-refractivity contribution is 7.98. The van der Waals surface area contributed by atoms with Gasteiger partial charge in [0, 0.05) is 23.3 Å². The first-order valence-electron chi connectivity index (χ1n) is 10.0. The van der Waals surface area contributed by atoms with E-state index in [9.17, 15) is 22.4 Å². The van der Waals surface area contributed by atoms with Gasteiger partial charge >= 0.3 is 6.18 Å². The molecule has 0 aliphatic carbocycles. The zero-order chi connectivity index (χ0) is 23.7. The van der Waals surface area contributed by atoms with E-state index in [2.05, 4.69) is 4.90 Å². The Bertz CT molecular complexity index is 989. The van der Waals surface area contributed by atoms with Gasteiger partial charge in [-0.1, -0.05) is 17.7 Å².